The fourth-order valence-electron chi connectivity index (χ4n) is 3.68. The fourth-order valence-corrected chi connectivity index (χ4v) is 3.95. The van der Waals surface area contributed by atoms with E-state index < -0.39 is 0 Å². The zero-order chi connectivity index (χ0) is 16.0. The van der Waals surface area contributed by atoms with Crippen LogP contribution in [0.2, 0.25) is 0 Å². The maximum Gasteiger partial charge on any atom is 0.161 e. The first kappa shape index (κ1) is 14.7. The zero-order valence-electron chi connectivity index (χ0n) is 13.0. The molecule has 0 spiro atoms. The third-order valence-corrected chi connectivity index (χ3v) is 5.28. The van der Waals surface area contributed by atoms with Gasteiger partial charge in [-0.1, -0.05) is 45.8 Å². The molecule has 23 heavy (non-hydrogen) atoms. The van der Waals surface area contributed by atoms with Gasteiger partial charge in [0.2, 0.25) is 0 Å². The molecule has 2 aliphatic rings. The number of Topliss-reactive ketones (excluding diaryl/α,β-unsaturated/α-hetero) is 1. The summed E-state index contributed by atoms with van der Waals surface area (Å²) < 4.78 is 1.06. The molecular formula is C20H18BrNO. The molecular weight excluding hydrogens is 350 g/mol. The van der Waals surface area contributed by atoms with E-state index in [0.717, 1.165) is 34.3 Å². The van der Waals surface area contributed by atoms with Crippen LogP contribution in [0.25, 0.3) is 0 Å². The topological polar surface area (TPSA) is 29.1 Å². The number of anilines is 1. The van der Waals surface area contributed by atoms with Crippen molar-refractivity contribution in [3.8, 4) is 0 Å². The summed E-state index contributed by atoms with van der Waals surface area (Å²) in [7, 11) is 0. The minimum atomic E-state index is 0.0436. The first-order valence-corrected chi connectivity index (χ1v) is 8.82. The number of benzene rings is 2. The predicted octanol–water partition coefficient (Wildman–Crippen LogP) is 5.32. The van der Waals surface area contributed by atoms with E-state index in [2.05, 4.69) is 70.6 Å². The van der Waals surface area contributed by atoms with Gasteiger partial charge in [-0.15, -0.1) is 0 Å². The fraction of sp³-hybridized carbons (Fsp3) is 0.250. The Kier molecular flexibility index (Phi) is 3.61. The molecule has 2 aromatic rings. The normalized spacial score (nSPS) is 19.9. The summed E-state index contributed by atoms with van der Waals surface area (Å²) in [6.07, 6.45) is 2.56. The van der Waals surface area contributed by atoms with Crippen LogP contribution in [0, 0.1) is 6.92 Å². The summed E-state index contributed by atoms with van der Waals surface area (Å²) >= 11 is 3.50. The van der Waals surface area contributed by atoms with Crippen molar-refractivity contribution < 1.29 is 4.79 Å². The number of ketones is 1. The average Bonchev–Trinajstić information content (AvgIpc) is 2.54. The van der Waals surface area contributed by atoms with E-state index in [-0.39, 0.29) is 5.92 Å². The lowest BCUT2D eigenvalue weighted by atomic mass is 9.75. The highest BCUT2D eigenvalue weighted by Gasteiger charge is 2.34. The molecule has 0 bridgehead atoms. The van der Waals surface area contributed by atoms with Gasteiger partial charge in [-0.05, 0) is 49.1 Å². The van der Waals surface area contributed by atoms with Crippen molar-refractivity contribution >= 4 is 27.4 Å². The van der Waals surface area contributed by atoms with Crippen molar-refractivity contribution in [1.82, 2.24) is 0 Å². The summed E-state index contributed by atoms with van der Waals surface area (Å²) in [5.74, 6) is 0.334. The van der Waals surface area contributed by atoms with Crippen molar-refractivity contribution in [3.05, 3.63) is 74.9 Å². The lowest BCUT2D eigenvalue weighted by Gasteiger charge is -2.34. The summed E-state index contributed by atoms with van der Waals surface area (Å²) in [5.41, 5.74) is 6.84. The van der Waals surface area contributed by atoms with Crippen LogP contribution < -0.4 is 5.32 Å². The van der Waals surface area contributed by atoms with Gasteiger partial charge >= 0.3 is 0 Å². The Morgan fingerprint density at radius 3 is 2.65 bits per heavy atom. The van der Waals surface area contributed by atoms with E-state index in [9.17, 15) is 4.79 Å². The standard InChI is InChI=1S/C20H18BrNO/c1-12-5-10-16-15(11-12)19(13-6-8-14(21)9-7-13)20-17(22-16)3-2-4-18(20)23/h5-11,19,22H,2-4H2,1H3. The van der Waals surface area contributed by atoms with Gasteiger partial charge in [0.25, 0.3) is 0 Å². The Hall–Kier alpha value is -1.87. The Morgan fingerprint density at radius 1 is 1.09 bits per heavy atom. The zero-order valence-corrected chi connectivity index (χ0v) is 14.6. The second-order valence-corrected chi connectivity index (χ2v) is 7.28. The van der Waals surface area contributed by atoms with E-state index in [1.807, 2.05) is 0 Å². The van der Waals surface area contributed by atoms with Gasteiger partial charge in [0, 0.05) is 33.8 Å². The van der Waals surface area contributed by atoms with Crippen LogP contribution in [-0.2, 0) is 4.79 Å². The molecule has 1 heterocycles. The highest BCUT2D eigenvalue weighted by molar-refractivity contribution is 9.10. The number of carbonyl (C=O) groups is 1. The van der Waals surface area contributed by atoms with Crippen LogP contribution in [0.5, 0.6) is 0 Å². The van der Waals surface area contributed by atoms with Gasteiger partial charge in [0.15, 0.2) is 5.78 Å². The van der Waals surface area contributed by atoms with E-state index in [1.54, 1.807) is 0 Å². The number of halogens is 1. The molecule has 2 nitrogen and oxygen atoms in total. The number of hydrogen-bond donors (Lipinski definition) is 1. The van der Waals surface area contributed by atoms with E-state index in [1.165, 1.54) is 16.7 Å². The average molecular weight is 368 g/mol. The SMILES string of the molecule is Cc1ccc2c(c1)C(c1ccc(Br)cc1)C1=C(CCCC1=O)N2. The number of aryl methyl sites for hydroxylation is 1. The van der Waals surface area contributed by atoms with Gasteiger partial charge in [0.1, 0.15) is 0 Å². The highest BCUT2D eigenvalue weighted by Crippen LogP contribution is 2.45. The van der Waals surface area contributed by atoms with Gasteiger partial charge in [-0.25, -0.2) is 0 Å². The Balaban J connectivity index is 1.94. The maximum absolute atomic E-state index is 12.7. The maximum atomic E-state index is 12.7. The minimum Gasteiger partial charge on any atom is -0.358 e. The second-order valence-electron chi connectivity index (χ2n) is 6.37. The molecule has 116 valence electrons. The molecule has 0 saturated carbocycles. The molecule has 0 saturated heterocycles. The van der Waals surface area contributed by atoms with Crippen LogP contribution in [0.3, 0.4) is 0 Å². The molecule has 1 aliphatic carbocycles. The third-order valence-electron chi connectivity index (χ3n) is 4.75. The summed E-state index contributed by atoms with van der Waals surface area (Å²) in [4.78, 5) is 12.7. The van der Waals surface area contributed by atoms with Crippen LogP contribution in [0.4, 0.5) is 5.69 Å². The molecule has 2 aromatic carbocycles. The first-order chi connectivity index (χ1) is 11.1. The number of rotatable bonds is 1. The largest absolute Gasteiger partial charge is 0.358 e. The Morgan fingerprint density at radius 2 is 1.87 bits per heavy atom. The van der Waals surface area contributed by atoms with Gasteiger partial charge in [-0.2, -0.15) is 0 Å². The molecule has 4 rings (SSSR count). The molecule has 3 heteroatoms. The van der Waals surface area contributed by atoms with Crippen LogP contribution >= 0.6 is 15.9 Å². The van der Waals surface area contributed by atoms with E-state index in [4.69, 9.17) is 0 Å². The molecule has 0 fully saturated rings. The van der Waals surface area contributed by atoms with E-state index >= 15 is 0 Å². The smallest absolute Gasteiger partial charge is 0.161 e. The molecule has 0 amide bonds. The van der Waals surface area contributed by atoms with E-state index in [0.29, 0.717) is 12.2 Å². The van der Waals surface area contributed by atoms with Crippen LogP contribution in [0.15, 0.2) is 58.2 Å². The number of hydrogen-bond acceptors (Lipinski definition) is 2. The van der Waals surface area contributed by atoms with Gasteiger partial charge in [-0.3, -0.25) is 4.79 Å². The highest BCUT2D eigenvalue weighted by atomic mass is 79.9. The molecule has 1 atom stereocenters. The number of allylic oxidation sites excluding steroid dienone is 2. The van der Waals surface area contributed by atoms with Crippen molar-refractivity contribution in [1.29, 1.82) is 0 Å². The lowest BCUT2D eigenvalue weighted by molar-refractivity contribution is -0.116. The molecule has 1 aliphatic heterocycles. The number of nitrogens with one attached hydrogen (secondary N) is 1. The quantitative estimate of drug-likeness (QED) is 0.738. The number of carbonyl (C=O) groups excluding carboxylic acids is 1. The molecule has 0 aromatic heterocycles. The summed E-state index contributed by atoms with van der Waals surface area (Å²) in [6.45, 7) is 2.10. The van der Waals surface area contributed by atoms with Crippen molar-refractivity contribution in [3.63, 3.8) is 0 Å². The van der Waals surface area contributed by atoms with Crippen LogP contribution in [0.1, 0.15) is 41.9 Å². The first-order valence-electron chi connectivity index (χ1n) is 8.03. The van der Waals surface area contributed by atoms with Crippen molar-refractivity contribution in [2.24, 2.45) is 0 Å². The summed E-state index contributed by atoms with van der Waals surface area (Å²) in [5, 5.41) is 3.52. The van der Waals surface area contributed by atoms with Gasteiger partial charge < -0.3 is 5.32 Å². The monoisotopic (exact) mass is 367 g/mol. The minimum absolute atomic E-state index is 0.0436. The predicted molar refractivity (Wildman–Crippen MR) is 96.7 cm³/mol. The second kappa shape index (κ2) is 5.64. The van der Waals surface area contributed by atoms with Gasteiger partial charge in [0.05, 0.1) is 0 Å². The van der Waals surface area contributed by atoms with Crippen LogP contribution in [-0.4, -0.2) is 5.78 Å². The Labute approximate surface area is 144 Å². The Bertz CT molecular complexity index is 820. The molecule has 1 unspecified atom stereocenters. The van der Waals surface area contributed by atoms with Crippen molar-refractivity contribution in [2.75, 3.05) is 5.32 Å². The molecule has 1 N–H and O–H groups in total. The lowest BCUT2D eigenvalue weighted by Crippen LogP contribution is -2.26. The summed E-state index contributed by atoms with van der Waals surface area (Å²) in [6, 6.07) is 14.8. The van der Waals surface area contributed by atoms with Crippen molar-refractivity contribution in [2.45, 2.75) is 32.1 Å². The third kappa shape index (κ3) is 2.53. The number of fused-ring (bicyclic) bond motifs is 1. The molecule has 0 radical (unpaired) electrons.